The first kappa shape index (κ1) is 15.7. The van der Waals surface area contributed by atoms with Crippen LogP contribution in [-0.2, 0) is 0 Å². The fourth-order valence-corrected chi connectivity index (χ4v) is 3.51. The Morgan fingerprint density at radius 3 is 2.36 bits per heavy atom. The Labute approximate surface area is 134 Å². The van der Waals surface area contributed by atoms with E-state index in [2.05, 4.69) is 29.0 Å². The molecule has 122 valence electrons. The summed E-state index contributed by atoms with van der Waals surface area (Å²) in [6, 6.07) is 1.05. The molecule has 1 atom stereocenters. The van der Waals surface area contributed by atoms with Crippen LogP contribution in [-0.4, -0.2) is 29.1 Å². The average Bonchev–Trinajstić information content (AvgIpc) is 2.42. The summed E-state index contributed by atoms with van der Waals surface area (Å²) in [7, 11) is 0. The van der Waals surface area contributed by atoms with Crippen LogP contribution >= 0.6 is 0 Å². The van der Waals surface area contributed by atoms with Crippen molar-refractivity contribution >= 4 is 5.95 Å². The summed E-state index contributed by atoms with van der Waals surface area (Å²) in [5.74, 6) is 0.930. The van der Waals surface area contributed by atoms with Gasteiger partial charge in [-0.2, -0.15) is 0 Å². The summed E-state index contributed by atoms with van der Waals surface area (Å²) < 4.78 is 0. The van der Waals surface area contributed by atoms with Crippen LogP contribution in [0.2, 0.25) is 0 Å². The third-order valence-electron chi connectivity index (χ3n) is 5.20. The molecule has 1 saturated heterocycles. The van der Waals surface area contributed by atoms with Crippen LogP contribution in [0, 0.1) is 6.92 Å². The highest BCUT2D eigenvalue weighted by molar-refractivity contribution is 5.34. The molecule has 2 heterocycles. The first-order valence-corrected chi connectivity index (χ1v) is 9.08. The van der Waals surface area contributed by atoms with Crippen molar-refractivity contribution in [3.63, 3.8) is 0 Å². The quantitative estimate of drug-likeness (QED) is 0.919. The highest BCUT2D eigenvalue weighted by Crippen LogP contribution is 2.24. The molecule has 1 saturated carbocycles. The third-order valence-corrected chi connectivity index (χ3v) is 5.20. The lowest BCUT2D eigenvalue weighted by molar-refractivity contribution is 0.312. The van der Waals surface area contributed by atoms with Crippen LogP contribution in [0.5, 0.6) is 0 Å². The van der Waals surface area contributed by atoms with Gasteiger partial charge in [0.1, 0.15) is 0 Å². The molecule has 1 aromatic heterocycles. The lowest BCUT2D eigenvalue weighted by Gasteiger charge is -2.31. The van der Waals surface area contributed by atoms with Gasteiger partial charge in [0.2, 0.25) is 5.95 Å². The molecule has 4 heteroatoms. The number of anilines is 1. The van der Waals surface area contributed by atoms with Gasteiger partial charge < -0.3 is 10.2 Å². The topological polar surface area (TPSA) is 41.1 Å². The van der Waals surface area contributed by atoms with E-state index in [-0.39, 0.29) is 0 Å². The lowest BCUT2D eigenvalue weighted by atomic mass is 9.92. The van der Waals surface area contributed by atoms with Crippen molar-refractivity contribution in [3.8, 4) is 0 Å². The molecule has 0 radical (unpaired) electrons. The van der Waals surface area contributed by atoms with Gasteiger partial charge in [0.05, 0.1) is 0 Å². The van der Waals surface area contributed by atoms with E-state index >= 15 is 0 Å². The zero-order chi connectivity index (χ0) is 15.4. The number of hydrogen-bond acceptors (Lipinski definition) is 4. The maximum absolute atomic E-state index is 4.82. The molecule has 4 nitrogen and oxygen atoms in total. The van der Waals surface area contributed by atoms with Gasteiger partial charge in [-0.05, 0) is 39.5 Å². The van der Waals surface area contributed by atoms with Gasteiger partial charge in [-0.1, -0.05) is 25.7 Å². The Morgan fingerprint density at radius 1 is 1.09 bits per heavy atom. The van der Waals surface area contributed by atoms with Crippen LogP contribution in [0.25, 0.3) is 0 Å². The standard InChI is InChI=1S/C18H30N4/c1-14(20-16-9-8-10-16)17-13-19-18(21-15(17)2)22-11-6-4-3-5-7-12-22/h13-14,16,20H,3-12H2,1-2H3/t14-/m0/s1. The van der Waals surface area contributed by atoms with Crippen molar-refractivity contribution in [2.45, 2.75) is 77.3 Å². The summed E-state index contributed by atoms with van der Waals surface area (Å²) >= 11 is 0. The number of hydrogen-bond donors (Lipinski definition) is 1. The number of nitrogens with one attached hydrogen (secondary N) is 1. The molecule has 22 heavy (non-hydrogen) atoms. The van der Waals surface area contributed by atoms with Crippen molar-refractivity contribution in [3.05, 3.63) is 17.5 Å². The monoisotopic (exact) mass is 302 g/mol. The van der Waals surface area contributed by atoms with E-state index in [1.54, 1.807) is 0 Å². The van der Waals surface area contributed by atoms with E-state index in [0.29, 0.717) is 12.1 Å². The van der Waals surface area contributed by atoms with Crippen LogP contribution < -0.4 is 10.2 Å². The molecule has 1 aromatic rings. The Morgan fingerprint density at radius 2 is 1.77 bits per heavy atom. The summed E-state index contributed by atoms with van der Waals surface area (Å²) in [4.78, 5) is 11.9. The molecule has 2 aliphatic rings. The molecule has 0 amide bonds. The molecule has 0 spiro atoms. The van der Waals surface area contributed by atoms with E-state index < -0.39 is 0 Å². The lowest BCUT2D eigenvalue weighted by Crippen LogP contribution is -2.37. The normalized spacial score (nSPS) is 21.8. The van der Waals surface area contributed by atoms with Gasteiger partial charge in [0, 0.05) is 42.6 Å². The molecular weight excluding hydrogens is 272 g/mol. The second kappa shape index (κ2) is 7.40. The van der Waals surface area contributed by atoms with E-state index in [1.165, 1.54) is 56.9 Å². The largest absolute Gasteiger partial charge is 0.341 e. The number of aryl methyl sites for hydroxylation is 1. The Kier molecular flexibility index (Phi) is 5.29. The van der Waals surface area contributed by atoms with E-state index in [4.69, 9.17) is 4.98 Å². The van der Waals surface area contributed by atoms with E-state index in [1.807, 2.05) is 6.20 Å². The first-order chi connectivity index (χ1) is 10.7. The van der Waals surface area contributed by atoms with Crippen molar-refractivity contribution in [2.24, 2.45) is 0 Å². The molecule has 2 fully saturated rings. The molecule has 0 unspecified atom stereocenters. The van der Waals surface area contributed by atoms with Gasteiger partial charge in [-0.25, -0.2) is 9.97 Å². The molecule has 0 bridgehead atoms. The fraction of sp³-hybridized carbons (Fsp3) is 0.778. The molecular formula is C18H30N4. The predicted molar refractivity (Wildman–Crippen MR) is 91.3 cm³/mol. The van der Waals surface area contributed by atoms with E-state index in [0.717, 1.165) is 24.7 Å². The zero-order valence-corrected chi connectivity index (χ0v) is 14.1. The summed E-state index contributed by atoms with van der Waals surface area (Å²) in [5.41, 5.74) is 2.38. The second-order valence-corrected chi connectivity index (χ2v) is 6.98. The van der Waals surface area contributed by atoms with Crippen molar-refractivity contribution in [2.75, 3.05) is 18.0 Å². The van der Waals surface area contributed by atoms with E-state index in [9.17, 15) is 0 Å². The minimum atomic E-state index is 0.353. The minimum Gasteiger partial charge on any atom is -0.341 e. The second-order valence-electron chi connectivity index (χ2n) is 6.98. The zero-order valence-electron chi connectivity index (χ0n) is 14.1. The molecule has 1 N–H and O–H groups in total. The van der Waals surface area contributed by atoms with Crippen LogP contribution in [0.15, 0.2) is 6.20 Å². The smallest absolute Gasteiger partial charge is 0.225 e. The predicted octanol–water partition coefficient (Wildman–Crippen LogP) is 3.76. The molecule has 1 aliphatic heterocycles. The number of nitrogens with zero attached hydrogens (tertiary/aromatic N) is 3. The summed E-state index contributed by atoms with van der Waals surface area (Å²) in [6.45, 7) is 6.58. The Balaban J connectivity index is 1.67. The van der Waals surface area contributed by atoms with Gasteiger partial charge in [-0.3, -0.25) is 0 Å². The van der Waals surface area contributed by atoms with Gasteiger partial charge in [0.15, 0.2) is 0 Å². The van der Waals surface area contributed by atoms with Gasteiger partial charge >= 0.3 is 0 Å². The number of aromatic nitrogens is 2. The van der Waals surface area contributed by atoms with Crippen molar-refractivity contribution in [1.29, 1.82) is 0 Å². The van der Waals surface area contributed by atoms with Crippen LogP contribution in [0.3, 0.4) is 0 Å². The summed E-state index contributed by atoms with van der Waals surface area (Å²) in [5, 5.41) is 3.70. The first-order valence-electron chi connectivity index (χ1n) is 9.08. The summed E-state index contributed by atoms with van der Waals surface area (Å²) in [6.07, 6.45) is 12.7. The molecule has 1 aliphatic carbocycles. The molecule has 3 rings (SSSR count). The highest BCUT2D eigenvalue weighted by atomic mass is 15.2. The SMILES string of the molecule is Cc1nc(N2CCCCCCC2)ncc1[C@H](C)NC1CCC1. The molecule has 0 aromatic carbocycles. The maximum atomic E-state index is 4.82. The van der Waals surface area contributed by atoms with Gasteiger partial charge in [0.25, 0.3) is 0 Å². The minimum absolute atomic E-state index is 0.353. The van der Waals surface area contributed by atoms with Crippen molar-refractivity contribution < 1.29 is 0 Å². The van der Waals surface area contributed by atoms with Crippen molar-refractivity contribution in [1.82, 2.24) is 15.3 Å². The average molecular weight is 302 g/mol. The maximum Gasteiger partial charge on any atom is 0.225 e. The fourth-order valence-electron chi connectivity index (χ4n) is 3.51. The highest BCUT2D eigenvalue weighted by Gasteiger charge is 2.21. The van der Waals surface area contributed by atoms with Crippen LogP contribution in [0.4, 0.5) is 5.95 Å². The third kappa shape index (κ3) is 3.78. The number of rotatable bonds is 4. The Hall–Kier alpha value is -1.16. The Bertz CT molecular complexity index is 476. The van der Waals surface area contributed by atoms with Gasteiger partial charge in [-0.15, -0.1) is 0 Å². The van der Waals surface area contributed by atoms with Crippen LogP contribution in [0.1, 0.15) is 75.6 Å².